The summed E-state index contributed by atoms with van der Waals surface area (Å²) in [6, 6.07) is 22.8. The van der Waals surface area contributed by atoms with Crippen molar-refractivity contribution >= 4 is 35.0 Å². The van der Waals surface area contributed by atoms with Crippen LogP contribution < -0.4 is 15.0 Å². The summed E-state index contributed by atoms with van der Waals surface area (Å²) in [5, 5.41) is 3.17. The Labute approximate surface area is 198 Å². The lowest BCUT2D eigenvalue weighted by Gasteiger charge is -2.17. The molecule has 0 unspecified atom stereocenters. The Bertz CT molecular complexity index is 1210. The molecule has 3 aromatic carbocycles. The molecule has 0 spiro atoms. The van der Waals surface area contributed by atoms with Crippen molar-refractivity contribution < 1.29 is 14.3 Å². The van der Waals surface area contributed by atoms with Gasteiger partial charge < -0.3 is 10.1 Å². The molecule has 0 radical (unpaired) electrons. The summed E-state index contributed by atoms with van der Waals surface area (Å²) in [6.45, 7) is 6.22. The summed E-state index contributed by atoms with van der Waals surface area (Å²) in [5.74, 6) is 0.209. The van der Waals surface area contributed by atoms with E-state index in [2.05, 4.69) is 19.2 Å². The highest BCUT2D eigenvalue weighted by Crippen LogP contribution is 2.39. The van der Waals surface area contributed by atoms with Gasteiger partial charge in [0.05, 0.1) is 18.5 Å². The lowest BCUT2D eigenvalue weighted by Crippen LogP contribution is -2.32. The van der Waals surface area contributed by atoms with Crippen LogP contribution >= 0.6 is 11.8 Å². The third kappa shape index (κ3) is 4.66. The van der Waals surface area contributed by atoms with Gasteiger partial charge in [-0.15, -0.1) is 0 Å². The number of nitrogens with one attached hydrogen (secondary N) is 1. The first kappa shape index (κ1) is 22.7. The van der Waals surface area contributed by atoms with E-state index in [-0.39, 0.29) is 11.6 Å². The van der Waals surface area contributed by atoms with Crippen molar-refractivity contribution in [2.24, 2.45) is 0 Å². The van der Waals surface area contributed by atoms with E-state index in [1.165, 1.54) is 16.7 Å². The van der Waals surface area contributed by atoms with Gasteiger partial charge in [-0.3, -0.25) is 9.59 Å². The summed E-state index contributed by atoms with van der Waals surface area (Å²) < 4.78 is 5.43. The summed E-state index contributed by atoms with van der Waals surface area (Å²) >= 11 is 1.28. The fraction of sp³-hybridized carbons (Fsp3) is 0.185. The molecule has 0 atom stereocenters. The first-order chi connectivity index (χ1) is 15.9. The number of amides is 2. The highest BCUT2D eigenvalue weighted by Gasteiger charge is 2.40. The van der Waals surface area contributed by atoms with Crippen LogP contribution in [0, 0.1) is 6.92 Å². The second-order valence-electron chi connectivity index (χ2n) is 8.14. The molecule has 6 heteroatoms. The number of rotatable bonds is 7. The molecule has 0 aliphatic carbocycles. The van der Waals surface area contributed by atoms with Crippen LogP contribution in [0.3, 0.4) is 0 Å². The Balaban J connectivity index is 1.74. The second-order valence-corrected chi connectivity index (χ2v) is 9.22. The molecule has 168 valence electrons. The van der Waals surface area contributed by atoms with Crippen molar-refractivity contribution in [2.75, 3.05) is 17.3 Å². The predicted molar refractivity (Wildman–Crippen MR) is 134 cm³/mol. The number of ether oxygens (including phenoxy) is 1. The van der Waals surface area contributed by atoms with Gasteiger partial charge in [0.15, 0.2) is 0 Å². The number of carbonyl (C=O) groups is 2. The molecule has 1 N–H and O–H groups in total. The molecule has 33 heavy (non-hydrogen) atoms. The number of para-hydroxylation sites is 2. The minimum Gasteiger partial charge on any atom is -0.495 e. The predicted octanol–water partition coefficient (Wildman–Crippen LogP) is 6.12. The number of methoxy groups -OCH3 is 1. The minimum absolute atomic E-state index is 0.239. The average molecular weight is 459 g/mol. The maximum Gasteiger partial charge on any atom is 0.283 e. The maximum atomic E-state index is 13.5. The number of aryl methyl sites for hydroxylation is 1. The van der Waals surface area contributed by atoms with Crippen molar-refractivity contribution in [2.45, 2.75) is 31.6 Å². The second kappa shape index (κ2) is 9.55. The van der Waals surface area contributed by atoms with E-state index in [1.807, 2.05) is 73.7 Å². The van der Waals surface area contributed by atoms with E-state index in [9.17, 15) is 9.59 Å². The van der Waals surface area contributed by atoms with Gasteiger partial charge in [-0.2, -0.15) is 0 Å². The number of imide groups is 1. The van der Waals surface area contributed by atoms with Gasteiger partial charge in [0.2, 0.25) is 0 Å². The van der Waals surface area contributed by atoms with Gasteiger partial charge in [-0.1, -0.05) is 67.6 Å². The van der Waals surface area contributed by atoms with Crippen molar-refractivity contribution in [3.8, 4) is 5.75 Å². The van der Waals surface area contributed by atoms with Crippen LogP contribution in [0.5, 0.6) is 5.75 Å². The lowest BCUT2D eigenvalue weighted by atomic mass is 10.0. The standard InChI is InChI=1S/C27H26N2O3S/c1-17(2)19-11-13-20(14-12-19)29-26(30)24(28-22-7-5-6-8-23(22)32-4)25(27(29)31)33-21-15-9-18(3)10-16-21/h5-17,28H,1-4H3. The van der Waals surface area contributed by atoms with E-state index in [4.69, 9.17) is 4.74 Å². The van der Waals surface area contributed by atoms with Gasteiger partial charge in [0, 0.05) is 4.90 Å². The number of nitrogens with zero attached hydrogens (tertiary/aromatic N) is 1. The molecular formula is C27H26N2O3S. The van der Waals surface area contributed by atoms with Crippen LogP contribution in [0.25, 0.3) is 0 Å². The minimum atomic E-state index is -0.391. The molecule has 5 nitrogen and oxygen atoms in total. The molecule has 1 aliphatic heterocycles. The number of thioether (sulfide) groups is 1. The Morgan fingerprint density at radius 2 is 1.55 bits per heavy atom. The van der Waals surface area contributed by atoms with Crippen molar-refractivity contribution in [1.29, 1.82) is 0 Å². The van der Waals surface area contributed by atoms with E-state index in [1.54, 1.807) is 13.2 Å². The molecule has 0 saturated heterocycles. The van der Waals surface area contributed by atoms with Crippen LogP contribution in [-0.4, -0.2) is 18.9 Å². The van der Waals surface area contributed by atoms with Gasteiger partial charge in [-0.25, -0.2) is 4.90 Å². The number of hydrogen-bond donors (Lipinski definition) is 1. The first-order valence-corrected chi connectivity index (χ1v) is 11.6. The third-order valence-electron chi connectivity index (χ3n) is 5.47. The van der Waals surface area contributed by atoms with Gasteiger partial charge in [-0.05, 0) is 54.8 Å². The van der Waals surface area contributed by atoms with Crippen LogP contribution in [-0.2, 0) is 9.59 Å². The zero-order valence-corrected chi connectivity index (χ0v) is 19.9. The van der Waals surface area contributed by atoms with Crippen molar-refractivity contribution in [3.05, 3.63) is 94.5 Å². The smallest absolute Gasteiger partial charge is 0.283 e. The van der Waals surface area contributed by atoms with Crippen LogP contribution in [0.1, 0.15) is 30.9 Å². The summed E-state index contributed by atoms with van der Waals surface area (Å²) in [5.41, 5.74) is 3.68. The summed E-state index contributed by atoms with van der Waals surface area (Å²) in [4.78, 5) is 29.5. The van der Waals surface area contributed by atoms with Crippen LogP contribution in [0.4, 0.5) is 11.4 Å². The monoisotopic (exact) mass is 458 g/mol. The first-order valence-electron chi connectivity index (χ1n) is 10.8. The van der Waals surface area contributed by atoms with E-state index < -0.39 is 5.91 Å². The number of carbonyl (C=O) groups excluding carboxylic acids is 2. The Morgan fingerprint density at radius 1 is 0.879 bits per heavy atom. The quantitative estimate of drug-likeness (QED) is 0.433. The van der Waals surface area contributed by atoms with Gasteiger partial charge >= 0.3 is 0 Å². The molecule has 0 aromatic heterocycles. The molecule has 1 heterocycles. The molecule has 2 amide bonds. The molecule has 1 aliphatic rings. The summed E-state index contributed by atoms with van der Waals surface area (Å²) in [6.07, 6.45) is 0. The zero-order chi connectivity index (χ0) is 23.5. The Morgan fingerprint density at radius 3 is 2.18 bits per heavy atom. The van der Waals surface area contributed by atoms with Crippen LogP contribution in [0.2, 0.25) is 0 Å². The molecule has 0 saturated carbocycles. The average Bonchev–Trinajstić information content (AvgIpc) is 3.04. The number of hydrogen-bond acceptors (Lipinski definition) is 5. The topological polar surface area (TPSA) is 58.6 Å². The van der Waals surface area contributed by atoms with E-state index in [0.29, 0.717) is 27.9 Å². The van der Waals surface area contributed by atoms with E-state index in [0.717, 1.165) is 16.0 Å². The van der Waals surface area contributed by atoms with Gasteiger partial charge in [0.1, 0.15) is 16.4 Å². The molecule has 3 aromatic rings. The zero-order valence-electron chi connectivity index (χ0n) is 19.1. The lowest BCUT2D eigenvalue weighted by molar-refractivity contribution is -0.120. The molecule has 0 fully saturated rings. The molecule has 0 bridgehead atoms. The van der Waals surface area contributed by atoms with Gasteiger partial charge in [0.25, 0.3) is 11.8 Å². The molecular weight excluding hydrogens is 432 g/mol. The number of benzene rings is 3. The maximum absolute atomic E-state index is 13.5. The van der Waals surface area contributed by atoms with Crippen molar-refractivity contribution in [1.82, 2.24) is 0 Å². The largest absolute Gasteiger partial charge is 0.495 e. The summed E-state index contributed by atoms with van der Waals surface area (Å²) in [7, 11) is 1.57. The Kier molecular flexibility index (Phi) is 6.56. The normalized spacial score (nSPS) is 13.8. The fourth-order valence-corrected chi connectivity index (χ4v) is 4.49. The number of anilines is 2. The Hall–Kier alpha value is -3.51. The van der Waals surface area contributed by atoms with Crippen molar-refractivity contribution in [3.63, 3.8) is 0 Å². The third-order valence-corrected chi connectivity index (χ3v) is 6.56. The fourth-order valence-electron chi connectivity index (χ4n) is 3.56. The van der Waals surface area contributed by atoms with Crippen LogP contribution in [0.15, 0.2) is 88.3 Å². The highest BCUT2D eigenvalue weighted by molar-refractivity contribution is 8.04. The van der Waals surface area contributed by atoms with E-state index >= 15 is 0 Å². The molecule has 4 rings (SSSR count). The highest BCUT2D eigenvalue weighted by atomic mass is 32.2. The SMILES string of the molecule is COc1ccccc1NC1=C(Sc2ccc(C)cc2)C(=O)N(c2ccc(C(C)C)cc2)C1=O.